The van der Waals surface area contributed by atoms with Crippen molar-refractivity contribution in [3.63, 3.8) is 0 Å². The highest BCUT2D eigenvalue weighted by Crippen LogP contribution is 2.53. The molecule has 2 saturated heterocycles. The van der Waals surface area contributed by atoms with Crippen LogP contribution in [0.4, 0.5) is 5.69 Å². The molecule has 2 aromatic carbocycles. The zero-order valence-corrected chi connectivity index (χ0v) is 23.6. The van der Waals surface area contributed by atoms with Crippen LogP contribution >= 0.6 is 0 Å². The summed E-state index contributed by atoms with van der Waals surface area (Å²) in [4.78, 5) is 57.6. The van der Waals surface area contributed by atoms with Crippen LogP contribution in [0.5, 0.6) is 0 Å². The average molecular weight is 574 g/mol. The average Bonchev–Trinajstić information content (AvgIpc) is 3.38. The number of ether oxygens (including phenoxy) is 2. The van der Waals surface area contributed by atoms with E-state index in [1.54, 1.807) is 37.0 Å². The maximum absolute atomic E-state index is 14.5. The molecule has 4 aliphatic heterocycles. The van der Waals surface area contributed by atoms with E-state index in [1.165, 1.54) is 4.90 Å². The molecule has 42 heavy (non-hydrogen) atoms. The van der Waals surface area contributed by atoms with Gasteiger partial charge in [-0.05, 0) is 43.2 Å². The minimum Gasteiger partial charge on any atom is -0.460 e. The molecular formula is C32H35N3O7. The highest BCUT2D eigenvalue weighted by molar-refractivity contribution is 6.06. The molecule has 0 aliphatic carbocycles. The third-order valence-electron chi connectivity index (χ3n) is 8.76. The first-order valence-corrected chi connectivity index (χ1v) is 14.5. The van der Waals surface area contributed by atoms with Crippen LogP contribution in [0.25, 0.3) is 10.8 Å². The molecule has 10 nitrogen and oxygen atoms in total. The van der Waals surface area contributed by atoms with Gasteiger partial charge in [0.15, 0.2) is 0 Å². The summed E-state index contributed by atoms with van der Waals surface area (Å²) in [5, 5.41) is 14.9. The number of fused-ring (bicyclic) bond motifs is 3. The summed E-state index contributed by atoms with van der Waals surface area (Å²) in [6, 6.07) is 11.8. The van der Waals surface area contributed by atoms with Crippen LogP contribution in [-0.2, 0) is 28.7 Å². The van der Waals surface area contributed by atoms with Gasteiger partial charge in [0.05, 0.1) is 31.2 Å². The van der Waals surface area contributed by atoms with E-state index < -0.39 is 53.6 Å². The van der Waals surface area contributed by atoms with Crippen molar-refractivity contribution in [2.24, 2.45) is 11.8 Å². The smallest absolute Gasteiger partial charge is 0.313 e. The SMILES string of the molecule is C[C@H](CO)N1C(=O)[C@H]2[C@@H]3C(=O)O[C@@H](C)CNC(=O)CC/C=C\[C@@H]3O[C@]23C=CCN(c2ccc4ccccc4c2)C(=O)[C@H]13. The second-order valence-corrected chi connectivity index (χ2v) is 11.5. The van der Waals surface area contributed by atoms with E-state index in [1.807, 2.05) is 48.5 Å². The first-order valence-electron chi connectivity index (χ1n) is 14.5. The molecule has 4 heterocycles. The number of aliphatic hydroxyl groups excluding tert-OH is 1. The Morgan fingerprint density at radius 3 is 2.64 bits per heavy atom. The maximum Gasteiger partial charge on any atom is 0.313 e. The third kappa shape index (κ3) is 4.59. The number of amides is 3. The lowest BCUT2D eigenvalue weighted by molar-refractivity contribution is -0.159. The van der Waals surface area contributed by atoms with Gasteiger partial charge in [-0.3, -0.25) is 19.2 Å². The summed E-state index contributed by atoms with van der Waals surface area (Å²) in [5.74, 6) is -3.64. The highest BCUT2D eigenvalue weighted by Gasteiger charge is 2.72. The van der Waals surface area contributed by atoms with Crippen LogP contribution in [0.2, 0.25) is 0 Å². The van der Waals surface area contributed by atoms with Crippen molar-refractivity contribution in [2.75, 3.05) is 24.6 Å². The van der Waals surface area contributed by atoms with Gasteiger partial charge >= 0.3 is 5.97 Å². The van der Waals surface area contributed by atoms with Crippen LogP contribution in [0.3, 0.4) is 0 Å². The number of cyclic esters (lactones) is 1. The van der Waals surface area contributed by atoms with Gasteiger partial charge < -0.3 is 29.7 Å². The number of hydrogen-bond acceptors (Lipinski definition) is 7. The maximum atomic E-state index is 14.5. The molecule has 0 unspecified atom stereocenters. The Morgan fingerprint density at radius 1 is 1.07 bits per heavy atom. The van der Waals surface area contributed by atoms with E-state index in [2.05, 4.69) is 5.32 Å². The number of hydrogen-bond donors (Lipinski definition) is 2. The number of anilines is 1. The normalized spacial score (nSPS) is 33.1. The molecule has 1 spiro atoms. The minimum atomic E-state index is -1.46. The first-order chi connectivity index (χ1) is 20.2. The zero-order valence-electron chi connectivity index (χ0n) is 23.6. The van der Waals surface area contributed by atoms with Gasteiger partial charge in [0.25, 0.3) is 5.91 Å². The topological polar surface area (TPSA) is 125 Å². The van der Waals surface area contributed by atoms with E-state index in [4.69, 9.17) is 9.47 Å². The number of allylic oxidation sites excluding steroid dienone is 1. The van der Waals surface area contributed by atoms with Crippen molar-refractivity contribution < 1.29 is 33.8 Å². The second-order valence-electron chi connectivity index (χ2n) is 11.5. The van der Waals surface area contributed by atoms with Crippen molar-refractivity contribution >= 4 is 40.2 Å². The Morgan fingerprint density at radius 2 is 1.86 bits per heavy atom. The van der Waals surface area contributed by atoms with E-state index in [9.17, 15) is 24.3 Å². The van der Waals surface area contributed by atoms with Gasteiger partial charge in [-0.15, -0.1) is 0 Å². The molecule has 10 heteroatoms. The lowest BCUT2D eigenvalue weighted by Gasteiger charge is -2.37. The second kappa shape index (κ2) is 11.0. The molecule has 6 rings (SSSR count). The Bertz CT molecular complexity index is 1490. The van der Waals surface area contributed by atoms with Gasteiger partial charge in [-0.25, -0.2) is 0 Å². The summed E-state index contributed by atoms with van der Waals surface area (Å²) in [6.45, 7) is 3.37. The molecule has 3 amide bonds. The molecule has 4 aliphatic rings. The van der Waals surface area contributed by atoms with Crippen molar-refractivity contribution in [1.29, 1.82) is 0 Å². The molecule has 0 radical (unpaired) electrons. The number of esters is 1. The van der Waals surface area contributed by atoms with Crippen LogP contribution < -0.4 is 10.2 Å². The third-order valence-corrected chi connectivity index (χ3v) is 8.76. The van der Waals surface area contributed by atoms with E-state index >= 15 is 0 Å². The molecule has 220 valence electrons. The number of nitrogens with one attached hydrogen (secondary N) is 1. The number of carbonyl (C=O) groups is 4. The fourth-order valence-corrected chi connectivity index (χ4v) is 6.74. The summed E-state index contributed by atoms with van der Waals surface area (Å²) < 4.78 is 12.4. The fourth-order valence-electron chi connectivity index (χ4n) is 6.74. The Labute approximate surface area is 243 Å². The van der Waals surface area contributed by atoms with Crippen LogP contribution in [-0.4, -0.2) is 83.3 Å². The number of rotatable bonds is 3. The van der Waals surface area contributed by atoms with E-state index in [0.29, 0.717) is 12.1 Å². The molecule has 2 N–H and O–H groups in total. The van der Waals surface area contributed by atoms with Crippen molar-refractivity contribution in [3.8, 4) is 0 Å². The Kier molecular flexibility index (Phi) is 7.36. The number of aliphatic hydroxyl groups is 1. The minimum absolute atomic E-state index is 0.145. The predicted molar refractivity (Wildman–Crippen MR) is 154 cm³/mol. The van der Waals surface area contributed by atoms with Gasteiger partial charge in [-0.2, -0.15) is 0 Å². The largest absolute Gasteiger partial charge is 0.460 e. The zero-order chi connectivity index (χ0) is 29.6. The molecule has 0 aromatic heterocycles. The van der Waals surface area contributed by atoms with Crippen molar-refractivity contribution in [1.82, 2.24) is 10.2 Å². The van der Waals surface area contributed by atoms with Crippen LogP contribution in [0, 0.1) is 11.8 Å². The molecule has 2 aromatic rings. The van der Waals surface area contributed by atoms with E-state index in [-0.39, 0.29) is 37.9 Å². The van der Waals surface area contributed by atoms with Crippen molar-refractivity contribution in [3.05, 3.63) is 66.8 Å². The first kappa shape index (κ1) is 28.1. The van der Waals surface area contributed by atoms with Gasteiger partial charge in [0.2, 0.25) is 11.8 Å². The molecule has 2 fully saturated rings. The number of carbonyl (C=O) groups excluding carboxylic acids is 4. The Balaban J connectivity index is 1.44. The lowest BCUT2D eigenvalue weighted by Crippen LogP contribution is -2.57. The standard InChI is InChI=1S/C32H35N3O7/c1-19(18-36)35-28-30(39)34(23-13-12-21-8-3-4-9-22(21)16-23)15-7-14-32(28)27(29(35)38)26-24(42-32)10-5-6-11-25(37)33-17-20(2)41-31(26)40/h3-5,7-10,12-14,16,19-20,24,26-28,36H,6,11,15,17-18H2,1-2H3,(H,33,37)/b10-5-/t19-,20+,24+,26-,27-,28+,32-/m1/s1. The fraction of sp³-hybridized carbons (Fsp3) is 0.438. The predicted octanol–water partition coefficient (Wildman–Crippen LogP) is 2.10. The summed E-state index contributed by atoms with van der Waals surface area (Å²) in [5.41, 5.74) is -0.790. The van der Waals surface area contributed by atoms with Crippen LogP contribution in [0.1, 0.15) is 26.7 Å². The summed E-state index contributed by atoms with van der Waals surface area (Å²) in [6.07, 6.45) is 6.24. The Hall–Kier alpha value is -4.02. The van der Waals surface area contributed by atoms with Gasteiger partial charge in [0.1, 0.15) is 23.7 Å². The molecule has 7 atom stereocenters. The quantitative estimate of drug-likeness (QED) is 0.426. The van der Waals surface area contributed by atoms with Gasteiger partial charge in [-0.1, -0.05) is 54.6 Å². The lowest BCUT2D eigenvalue weighted by atomic mass is 9.78. The van der Waals surface area contributed by atoms with Crippen LogP contribution in [0.15, 0.2) is 66.8 Å². The molecular weight excluding hydrogens is 538 g/mol. The number of benzene rings is 2. The highest BCUT2D eigenvalue weighted by atomic mass is 16.6. The monoisotopic (exact) mass is 573 g/mol. The number of likely N-dealkylation sites (tertiary alicyclic amines) is 1. The molecule has 0 saturated carbocycles. The van der Waals surface area contributed by atoms with Gasteiger partial charge in [0, 0.05) is 18.7 Å². The number of nitrogens with zero attached hydrogens (tertiary/aromatic N) is 2. The summed E-state index contributed by atoms with van der Waals surface area (Å²) >= 11 is 0. The summed E-state index contributed by atoms with van der Waals surface area (Å²) in [7, 11) is 0. The molecule has 0 bridgehead atoms. The van der Waals surface area contributed by atoms with Crippen molar-refractivity contribution in [2.45, 2.75) is 56.6 Å². The van der Waals surface area contributed by atoms with E-state index in [0.717, 1.165) is 10.8 Å².